The zero-order valence-corrected chi connectivity index (χ0v) is 13.6. The van der Waals surface area contributed by atoms with E-state index < -0.39 is 0 Å². The molecule has 0 amide bonds. The molecule has 0 aromatic carbocycles. The minimum absolute atomic E-state index is 0.770. The molecule has 0 bridgehead atoms. The molecule has 2 atom stereocenters. The molecule has 3 nitrogen and oxygen atoms in total. The van der Waals surface area contributed by atoms with Crippen LogP contribution >= 0.6 is 0 Å². The second-order valence-corrected chi connectivity index (χ2v) is 6.47. The van der Waals surface area contributed by atoms with Crippen LogP contribution in [0.25, 0.3) is 0 Å². The summed E-state index contributed by atoms with van der Waals surface area (Å²) in [7, 11) is 4.32. The molecular weight excluding hydrogens is 234 g/mol. The first kappa shape index (κ1) is 16.9. The van der Waals surface area contributed by atoms with Gasteiger partial charge in [-0.05, 0) is 45.8 Å². The van der Waals surface area contributed by atoms with Gasteiger partial charge in [-0.15, -0.1) is 0 Å². The molecule has 2 unspecified atom stereocenters. The first-order chi connectivity index (χ1) is 9.13. The molecule has 0 saturated heterocycles. The van der Waals surface area contributed by atoms with Crippen LogP contribution in [0.1, 0.15) is 46.0 Å². The van der Waals surface area contributed by atoms with Crippen LogP contribution < -0.4 is 5.32 Å². The number of likely N-dealkylation sites (N-methyl/N-ethyl adjacent to an activating group) is 1. The van der Waals surface area contributed by atoms with E-state index in [2.05, 4.69) is 43.1 Å². The fourth-order valence-corrected chi connectivity index (χ4v) is 3.02. The first-order valence-corrected chi connectivity index (χ1v) is 8.24. The Morgan fingerprint density at radius 1 is 1.00 bits per heavy atom. The van der Waals surface area contributed by atoms with Crippen LogP contribution in [0.15, 0.2) is 0 Å². The third-order valence-electron chi connectivity index (χ3n) is 4.35. The van der Waals surface area contributed by atoms with Crippen molar-refractivity contribution in [2.75, 3.05) is 46.8 Å². The number of hydrogen-bond acceptors (Lipinski definition) is 3. The van der Waals surface area contributed by atoms with E-state index >= 15 is 0 Å². The lowest BCUT2D eigenvalue weighted by Crippen LogP contribution is -2.43. The molecule has 0 spiro atoms. The van der Waals surface area contributed by atoms with Gasteiger partial charge < -0.3 is 15.1 Å². The van der Waals surface area contributed by atoms with Crippen LogP contribution in [-0.2, 0) is 0 Å². The normalized spacial score (nSPS) is 24.3. The van der Waals surface area contributed by atoms with Gasteiger partial charge in [0.1, 0.15) is 0 Å². The highest BCUT2D eigenvalue weighted by Crippen LogP contribution is 2.23. The van der Waals surface area contributed by atoms with Crippen LogP contribution in [-0.4, -0.2) is 62.7 Å². The molecule has 3 heteroatoms. The summed E-state index contributed by atoms with van der Waals surface area (Å²) in [6, 6.07) is 0.770. The molecule has 1 aliphatic rings. The largest absolute Gasteiger partial charge is 0.312 e. The summed E-state index contributed by atoms with van der Waals surface area (Å²) in [6.07, 6.45) is 6.91. The molecule has 1 saturated carbocycles. The molecule has 1 fully saturated rings. The monoisotopic (exact) mass is 269 g/mol. The fourth-order valence-electron chi connectivity index (χ4n) is 3.02. The Morgan fingerprint density at radius 2 is 1.74 bits per heavy atom. The van der Waals surface area contributed by atoms with Crippen molar-refractivity contribution in [3.05, 3.63) is 0 Å². The number of rotatable bonds is 9. The number of nitrogens with one attached hydrogen (secondary N) is 1. The zero-order chi connectivity index (χ0) is 14.1. The quantitative estimate of drug-likeness (QED) is 0.693. The molecule has 19 heavy (non-hydrogen) atoms. The van der Waals surface area contributed by atoms with E-state index in [9.17, 15) is 0 Å². The second-order valence-electron chi connectivity index (χ2n) is 6.47. The lowest BCUT2D eigenvalue weighted by atomic mass is 9.86. The molecule has 1 rings (SSSR count). The van der Waals surface area contributed by atoms with Gasteiger partial charge in [-0.3, -0.25) is 0 Å². The van der Waals surface area contributed by atoms with Crippen LogP contribution in [0.4, 0.5) is 0 Å². The van der Waals surface area contributed by atoms with Crippen molar-refractivity contribution in [1.82, 2.24) is 15.1 Å². The summed E-state index contributed by atoms with van der Waals surface area (Å²) in [5.74, 6) is 0.871. The van der Waals surface area contributed by atoms with Gasteiger partial charge in [0.05, 0.1) is 0 Å². The van der Waals surface area contributed by atoms with Crippen LogP contribution in [0.2, 0.25) is 0 Å². The van der Waals surface area contributed by atoms with Crippen LogP contribution in [0.3, 0.4) is 0 Å². The molecule has 114 valence electrons. The number of hydrogen-bond donors (Lipinski definition) is 1. The SMILES string of the molecule is CCCN(CCNC1CCCCC1C)CCN(C)C. The molecule has 1 aliphatic carbocycles. The van der Waals surface area contributed by atoms with E-state index in [0.717, 1.165) is 18.5 Å². The Labute approximate surface area is 120 Å². The molecule has 0 aliphatic heterocycles. The zero-order valence-electron chi connectivity index (χ0n) is 13.6. The maximum atomic E-state index is 3.79. The Balaban J connectivity index is 2.19. The highest BCUT2D eigenvalue weighted by molar-refractivity contribution is 4.78. The van der Waals surface area contributed by atoms with Crippen molar-refractivity contribution < 1.29 is 0 Å². The molecular formula is C16H35N3. The van der Waals surface area contributed by atoms with Gasteiger partial charge in [0.25, 0.3) is 0 Å². The van der Waals surface area contributed by atoms with Crippen LogP contribution in [0, 0.1) is 5.92 Å². The minimum Gasteiger partial charge on any atom is -0.312 e. The van der Waals surface area contributed by atoms with Gasteiger partial charge in [-0.25, -0.2) is 0 Å². The average Bonchev–Trinajstić information content (AvgIpc) is 2.38. The van der Waals surface area contributed by atoms with Crippen molar-refractivity contribution in [2.45, 2.75) is 52.0 Å². The van der Waals surface area contributed by atoms with Gasteiger partial charge in [0.2, 0.25) is 0 Å². The summed E-state index contributed by atoms with van der Waals surface area (Å²) < 4.78 is 0. The average molecular weight is 269 g/mol. The summed E-state index contributed by atoms with van der Waals surface area (Å²) in [5.41, 5.74) is 0. The van der Waals surface area contributed by atoms with Crippen molar-refractivity contribution in [2.24, 2.45) is 5.92 Å². The molecule has 0 aromatic rings. The second kappa shape index (κ2) is 9.73. The predicted molar refractivity (Wildman–Crippen MR) is 84.7 cm³/mol. The smallest absolute Gasteiger partial charge is 0.0110 e. The van der Waals surface area contributed by atoms with Gasteiger partial charge in [0, 0.05) is 32.2 Å². The Hall–Kier alpha value is -0.120. The Bertz CT molecular complexity index is 218. The predicted octanol–water partition coefficient (Wildman–Crippen LogP) is 2.43. The molecule has 0 radical (unpaired) electrons. The van der Waals surface area contributed by atoms with Gasteiger partial charge >= 0.3 is 0 Å². The molecule has 0 heterocycles. The molecule has 0 aromatic heterocycles. The fraction of sp³-hybridized carbons (Fsp3) is 1.00. The Kier molecular flexibility index (Phi) is 8.67. The molecule has 1 N–H and O–H groups in total. The van der Waals surface area contributed by atoms with E-state index in [1.807, 2.05) is 0 Å². The third-order valence-corrected chi connectivity index (χ3v) is 4.35. The van der Waals surface area contributed by atoms with Gasteiger partial charge in [-0.2, -0.15) is 0 Å². The van der Waals surface area contributed by atoms with Gasteiger partial charge in [0.15, 0.2) is 0 Å². The third kappa shape index (κ3) is 7.28. The van der Waals surface area contributed by atoms with Gasteiger partial charge in [-0.1, -0.05) is 26.7 Å². The topological polar surface area (TPSA) is 18.5 Å². The summed E-state index contributed by atoms with van der Waals surface area (Å²) in [5, 5.41) is 3.79. The highest BCUT2D eigenvalue weighted by atomic mass is 15.2. The van der Waals surface area contributed by atoms with E-state index in [-0.39, 0.29) is 0 Å². The summed E-state index contributed by atoms with van der Waals surface area (Å²) >= 11 is 0. The summed E-state index contributed by atoms with van der Waals surface area (Å²) in [4.78, 5) is 4.87. The standard InChI is InChI=1S/C16H35N3/c1-5-11-19(14-13-18(3)4)12-10-17-16-9-7-6-8-15(16)2/h15-17H,5-14H2,1-4H3. The van der Waals surface area contributed by atoms with E-state index in [0.29, 0.717) is 0 Å². The van der Waals surface area contributed by atoms with E-state index in [4.69, 9.17) is 0 Å². The highest BCUT2D eigenvalue weighted by Gasteiger charge is 2.20. The maximum absolute atomic E-state index is 3.79. The Morgan fingerprint density at radius 3 is 2.37 bits per heavy atom. The van der Waals surface area contributed by atoms with E-state index in [1.54, 1.807) is 0 Å². The minimum atomic E-state index is 0.770. The lowest BCUT2D eigenvalue weighted by Gasteiger charge is -2.31. The van der Waals surface area contributed by atoms with Crippen molar-refractivity contribution in [3.8, 4) is 0 Å². The maximum Gasteiger partial charge on any atom is 0.0110 e. The van der Waals surface area contributed by atoms with Crippen LogP contribution in [0.5, 0.6) is 0 Å². The van der Waals surface area contributed by atoms with Crippen molar-refractivity contribution >= 4 is 0 Å². The van der Waals surface area contributed by atoms with Crippen molar-refractivity contribution in [1.29, 1.82) is 0 Å². The lowest BCUT2D eigenvalue weighted by molar-refractivity contribution is 0.223. The summed E-state index contributed by atoms with van der Waals surface area (Å²) in [6.45, 7) is 10.6. The van der Waals surface area contributed by atoms with E-state index in [1.165, 1.54) is 58.3 Å². The van der Waals surface area contributed by atoms with Crippen molar-refractivity contribution in [3.63, 3.8) is 0 Å². The first-order valence-electron chi connectivity index (χ1n) is 8.24. The number of nitrogens with zero attached hydrogens (tertiary/aromatic N) is 2.